The molecule has 0 amide bonds. The van der Waals surface area contributed by atoms with E-state index in [2.05, 4.69) is 5.32 Å². The van der Waals surface area contributed by atoms with Crippen LogP contribution in [0.1, 0.15) is 5.56 Å². The van der Waals surface area contributed by atoms with Crippen LogP contribution in [0.25, 0.3) is 0 Å². The van der Waals surface area contributed by atoms with Crippen LogP contribution in [0.4, 0.5) is 14.5 Å². The first-order valence-corrected chi connectivity index (χ1v) is 8.63. The number of aliphatic hydroxyl groups excluding tert-OH is 1. The van der Waals surface area contributed by atoms with Crippen molar-refractivity contribution in [2.24, 2.45) is 0 Å². The number of thiocarbonyl (C=S) groups is 1. The van der Waals surface area contributed by atoms with Gasteiger partial charge in [0.2, 0.25) is 0 Å². The molecule has 0 aliphatic carbocycles. The second-order valence-corrected chi connectivity index (χ2v) is 6.41. The molecular weight excluding hydrogens is 350 g/mol. The molecule has 0 aliphatic rings. The van der Waals surface area contributed by atoms with Crippen molar-refractivity contribution in [1.29, 1.82) is 0 Å². The second kappa shape index (κ2) is 9.56. The molecule has 2 aromatic rings. The molecule has 0 spiro atoms. The fourth-order valence-corrected chi connectivity index (χ4v) is 2.87. The number of hydrogen-bond acceptors (Lipinski definition) is 3. The lowest BCUT2D eigenvalue weighted by Gasteiger charge is -2.25. The quantitative estimate of drug-likeness (QED) is 0.566. The standard InChI is InChI=1S/C17H18F2N2OS2/c18-16(19)24-15-8-6-14(7-9-15)20-17(23)21(10-11-22)12-13-4-2-1-3-5-13/h1-9,16,22H,10-12H2,(H,20,23). The highest BCUT2D eigenvalue weighted by Crippen LogP contribution is 2.26. The van der Waals surface area contributed by atoms with Crippen LogP contribution in [0.5, 0.6) is 0 Å². The number of aliphatic hydroxyl groups is 1. The molecule has 2 rings (SSSR count). The van der Waals surface area contributed by atoms with E-state index < -0.39 is 5.76 Å². The molecular formula is C17H18F2N2OS2. The van der Waals surface area contributed by atoms with Gasteiger partial charge >= 0.3 is 0 Å². The normalized spacial score (nSPS) is 10.7. The zero-order chi connectivity index (χ0) is 17.4. The summed E-state index contributed by atoms with van der Waals surface area (Å²) in [5, 5.41) is 12.8. The number of alkyl halides is 2. The third-order valence-corrected chi connectivity index (χ3v) is 4.29. The van der Waals surface area contributed by atoms with Gasteiger partial charge in [-0.2, -0.15) is 8.78 Å². The number of nitrogens with one attached hydrogen (secondary N) is 1. The first kappa shape index (κ1) is 18.6. The van der Waals surface area contributed by atoms with Crippen LogP contribution in [0.15, 0.2) is 59.5 Å². The predicted octanol–water partition coefficient (Wildman–Crippen LogP) is 4.19. The highest BCUT2D eigenvalue weighted by molar-refractivity contribution is 7.99. The van der Waals surface area contributed by atoms with E-state index in [1.807, 2.05) is 35.2 Å². The summed E-state index contributed by atoms with van der Waals surface area (Å²) in [6, 6.07) is 16.5. The van der Waals surface area contributed by atoms with Gasteiger partial charge in [-0.1, -0.05) is 42.1 Å². The summed E-state index contributed by atoms with van der Waals surface area (Å²) in [4.78, 5) is 2.35. The van der Waals surface area contributed by atoms with Crippen LogP contribution in [0, 0.1) is 0 Å². The summed E-state index contributed by atoms with van der Waals surface area (Å²) in [5.41, 5.74) is 1.80. The van der Waals surface area contributed by atoms with Crippen LogP contribution < -0.4 is 5.32 Å². The van der Waals surface area contributed by atoms with Crippen molar-refractivity contribution >= 4 is 34.8 Å². The highest BCUT2D eigenvalue weighted by atomic mass is 32.2. The van der Waals surface area contributed by atoms with Crippen molar-refractivity contribution in [2.75, 3.05) is 18.5 Å². The molecule has 0 heterocycles. The minimum atomic E-state index is -2.43. The molecule has 0 fully saturated rings. The molecule has 0 saturated heterocycles. The largest absolute Gasteiger partial charge is 0.395 e. The van der Waals surface area contributed by atoms with Crippen LogP contribution in [0.2, 0.25) is 0 Å². The molecule has 0 radical (unpaired) electrons. The van der Waals surface area contributed by atoms with Crippen molar-refractivity contribution in [2.45, 2.75) is 17.2 Å². The zero-order valence-corrected chi connectivity index (χ0v) is 14.5. The Hall–Kier alpha value is -1.70. The fraction of sp³-hybridized carbons (Fsp3) is 0.235. The molecule has 0 atom stereocenters. The van der Waals surface area contributed by atoms with Gasteiger partial charge in [-0.15, -0.1) is 0 Å². The third kappa shape index (κ3) is 6.07. The van der Waals surface area contributed by atoms with Gasteiger partial charge in [-0.3, -0.25) is 0 Å². The molecule has 0 aromatic heterocycles. The lowest BCUT2D eigenvalue weighted by Crippen LogP contribution is -2.36. The maximum absolute atomic E-state index is 12.3. The molecule has 7 heteroatoms. The summed E-state index contributed by atoms with van der Waals surface area (Å²) in [6.45, 7) is 0.964. The Kier molecular flexibility index (Phi) is 7.42. The Morgan fingerprint density at radius 2 is 1.79 bits per heavy atom. The van der Waals surface area contributed by atoms with E-state index >= 15 is 0 Å². The maximum Gasteiger partial charge on any atom is 0.288 e. The lowest BCUT2D eigenvalue weighted by atomic mass is 10.2. The monoisotopic (exact) mass is 368 g/mol. The van der Waals surface area contributed by atoms with Gasteiger partial charge in [0.05, 0.1) is 6.61 Å². The second-order valence-electron chi connectivity index (χ2n) is 4.96. The summed E-state index contributed by atoms with van der Waals surface area (Å²) >= 11 is 5.91. The van der Waals surface area contributed by atoms with Crippen molar-refractivity contribution < 1.29 is 13.9 Å². The zero-order valence-electron chi connectivity index (χ0n) is 12.9. The number of nitrogens with zero attached hydrogens (tertiary/aromatic N) is 1. The van der Waals surface area contributed by atoms with Gasteiger partial charge in [0.1, 0.15) is 0 Å². The number of rotatable bonds is 7. The van der Waals surface area contributed by atoms with E-state index in [0.717, 1.165) is 11.3 Å². The molecule has 0 saturated carbocycles. The first-order chi connectivity index (χ1) is 11.6. The summed E-state index contributed by atoms with van der Waals surface area (Å²) in [5.74, 6) is -2.43. The molecule has 128 valence electrons. The van der Waals surface area contributed by atoms with E-state index in [1.165, 1.54) is 0 Å². The molecule has 3 nitrogen and oxygen atoms in total. The lowest BCUT2D eigenvalue weighted by molar-refractivity contribution is 0.248. The molecule has 2 N–H and O–H groups in total. The van der Waals surface area contributed by atoms with Gasteiger partial charge in [0.25, 0.3) is 5.76 Å². The van der Waals surface area contributed by atoms with Crippen molar-refractivity contribution in [3.8, 4) is 0 Å². The summed E-state index contributed by atoms with van der Waals surface area (Å²) in [7, 11) is 0. The predicted molar refractivity (Wildman–Crippen MR) is 98.5 cm³/mol. The third-order valence-electron chi connectivity index (χ3n) is 3.20. The van der Waals surface area contributed by atoms with Crippen LogP contribution in [-0.4, -0.2) is 34.0 Å². The number of thioether (sulfide) groups is 1. The van der Waals surface area contributed by atoms with Crippen molar-refractivity contribution in [1.82, 2.24) is 4.90 Å². The smallest absolute Gasteiger partial charge is 0.288 e. The average molecular weight is 368 g/mol. The van der Waals surface area contributed by atoms with Gasteiger partial charge < -0.3 is 15.3 Å². The number of benzene rings is 2. The van der Waals surface area contributed by atoms with Gasteiger partial charge in [-0.25, -0.2) is 0 Å². The Bertz CT molecular complexity index is 639. The SMILES string of the molecule is OCCN(Cc1ccccc1)C(=S)Nc1ccc(SC(F)F)cc1. The minimum Gasteiger partial charge on any atom is -0.395 e. The molecule has 0 bridgehead atoms. The van der Waals surface area contributed by atoms with Crippen molar-refractivity contribution in [3.05, 3.63) is 60.2 Å². The van der Waals surface area contributed by atoms with E-state index in [1.54, 1.807) is 24.3 Å². The Morgan fingerprint density at radius 1 is 1.12 bits per heavy atom. The van der Waals surface area contributed by atoms with E-state index in [9.17, 15) is 13.9 Å². The Labute approximate surface area is 149 Å². The maximum atomic E-state index is 12.3. The molecule has 0 unspecified atom stereocenters. The van der Waals surface area contributed by atoms with Crippen LogP contribution in [0.3, 0.4) is 0 Å². The minimum absolute atomic E-state index is 0.0153. The Morgan fingerprint density at radius 3 is 2.38 bits per heavy atom. The number of hydrogen-bond donors (Lipinski definition) is 2. The molecule has 0 aliphatic heterocycles. The first-order valence-electron chi connectivity index (χ1n) is 7.34. The van der Waals surface area contributed by atoms with E-state index in [0.29, 0.717) is 34.9 Å². The highest BCUT2D eigenvalue weighted by Gasteiger charge is 2.11. The topological polar surface area (TPSA) is 35.5 Å². The molecule has 24 heavy (non-hydrogen) atoms. The molecule has 2 aromatic carbocycles. The average Bonchev–Trinajstić information content (AvgIpc) is 2.57. The van der Waals surface area contributed by atoms with E-state index in [4.69, 9.17) is 12.2 Å². The van der Waals surface area contributed by atoms with Gasteiger partial charge in [-0.05, 0) is 42.0 Å². The fourth-order valence-electron chi connectivity index (χ4n) is 2.10. The van der Waals surface area contributed by atoms with Gasteiger partial charge in [0, 0.05) is 23.7 Å². The van der Waals surface area contributed by atoms with E-state index in [-0.39, 0.29) is 6.61 Å². The summed E-state index contributed by atoms with van der Waals surface area (Å²) < 4.78 is 24.7. The number of anilines is 1. The van der Waals surface area contributed by atoms with Gasteiger partial charge in [0.15, 0.2) is 5.11 Å². The van der Waals surface area contributed by atoms with Crippen molar-refractivity contribution in [3.63, 3.8) is 0 Å². The van der Waals surface area contributed by atoms with Crippen LogP contribution in [-0.2, 0) is 6.54 Å². The van der Waals surface area contributed by atoms with Crippen LogP contribution >= 0.6 is 24.0 Å². The number of halogens is 2. The summed E-state index contributed by atoms with van der Waals surface area (Å²) in [6.07, 6.45) is 0. The Balaban J connectivity index is 1.99.